The first kappa shape index (κ1) is 15.6. The Hall–Kier alpha value is -2.30. The fraction of sp³-hybridized carbons (Fsp3) is 0.278. The molecule has 2 aromatic rings. The Labute approximate surface area is 132 Å². The normalized spacial score (nSPS) is 14.5. The number of hydrogen-bond donors (Lipinski definition) is 0. The number of carbonyl (C=O) groups excluding carboxylic acids is 1. The standard InChI is InChI=1S/C18H16F3NO/c1-12-8-13(11-23)2-5-17(12)22-7-6-14-3-4-16(18(19,20)21)9-15(14)10-22/h2-5,8-9,11H,6-7,10H2,1H3. The summed E-state index contributed by atoms with van der Waals surface area (Å²) in [6.45, 7) is 3.10. The topological polar surface area (TPSA) is 20.3 Å². The van der Waals surface area contributed by atoms with Crippen LogP contribution in [0.5, 0.6) is 0 Å². The minimum absolute atomic E-state index is 0.445. The minimum Gasteiger partial charge on any atom is -0.367 e. The lowest BCUT2D eigenvalue weighted by molar-refractivity contribution is -0.137. The van der Waals surface area contributed by atoms with Gasteiger partial charge in [-0.25, -0.2) is 0 Å². The second-order valence-electron chi connectivity index (χ2n) is 5.82. The van der Waals surface area contributed by atoms with Crippen LogP contribution in [0.2, 0.25) is 0 Å². The molecule has 0 bridgehead atoms. The van der Waals surface area contributed by atoms with E-state index in [1.54, 1.807) is 18.2 Å². The minimum atomic E-state index is -4.32. The maximum Gasteiger partial charge on any atom is 0.416 e. The highest BCUT2D eigenvalue weighted by atomic mass is 19.4. The van der Waals surface area contributed by atoms with Crippen molar-refractivity contribution in [2.75, 3.05) is 11.4 Å². The van der Waals surface area contributed by atoms with Gasteiger partial charge in [-0.15, -0.1) is 0 Å². The number of aryl methyl sites for hydroxylation is 1. The molecule has 2 aromatic carbocycles. The van der Waals surface area contributed by atoms with E-state index in [1.165, 1.54) is 6.07 Å². The fourth-order valence-corrected chi connectivity index (χ4v) is 3.05. The number of alkyl halides is 3. The summed E-state index contributed by atoms with van der Waals surface area (Å²) in [5.74, 6) is 0. The van der Waals surface area contributed by atoms with Gasteiger partial charge in [0, 0.05) is 24.3 Å². The van der Waals surface area contributed by atoms with Gasteiger partial charge in [0.25, 0.3) is 0 Å². The molecule has 5 heteroatoms. The van der Waals surface area contributed by atoms with Crippen molar-refractivity contribution in [1.82, 2.24) is 0 Å². The van der Waals surface area contributed by atoms with E-state index in [4.69, 9.17) is 0 Å². The monoisotopic (exact) mass is 319 g/mol. The zero-order valence-electron chi connectivity index (χ0n) is 12.7. The number of halogens is 3. The highest BCUT2D eigenvalue weighted by Crippen LogP contribution is 2.33. The largest absolute Gasteiger partial charge is 0.416 e. The van der Waals surface area contributed by atoms with Gasteiger partial charge in [-0.2, -0.15) is 13.2 Å². The zero-order chi connectivity index (χ0) is 16.6. The number of aldehydes is 1. The molecule has 2 nitrogen and oxygen atoms in total. The molecule has 0 radical (unpaired) electrons. The summed E-state index contributed by atoms with van der Waals surface area (Å²) in [7, 11) is 0. The fourth-order valence-electron chi connectivity index (χ4n) is 3.05. The summed E-state index contributed by atoms with van der Waals surface area (Å²) < 4.78 is 38.6. The molecule has 1 aliphatic rings. The molecule has 0 unspecified atom stereocenters. The molecule has 0 aliphatic carbocycles. The first-order valence-corrected chi connectivity index (χ1v) is 7.38. The Balaban J connectivity index is 1.91. The Morgan fingerprint density at radius 2 is 1.87 bits per heavy atom. The predicted octanol–water partition coefficient (Wildman–Crippen LogP) is 4.39. The number of nitrogens with zero attached hydrogens (tertiary/aromatic N) is 1. The van der Waals surface area contributed by atoms with Gasteiger partial charge in [0.1, 0.15) is 6.29 Å². The molecule has 1 aliphatic heterocycles. The first-order valence-electron chi connectivity index (χ1n) is 7.38. The molecule has 0 aromatic heterocycles. The molecule has 0 saturated carbocycles. The highest BCUT2D eigenvalue weighted by molar-refractivity contribution is 5.77. The maximum absolute atomic E-state index is 12.9. The van der Waals surface area contributed by atoms with Crippen molar-refractivity contribution < 1.29 is 18.0 Å². The molecular formula is C18H16F3NO. The second-order valence-corrected chi connectivity index (χ2v) is 5.82. The number of anilines is 1. The molecule has 0 saturated heterocycles. The number of fused-ring (bicyclic) bond motifs is 1. The van der Waals surface area contributed by atoms with Crippen LogP contribution in [0.3, 0.4) is 0 Å². The van der Waals surface area contributed by atoms with Crippen LogP contribution < -0.4 is 4.90 Å². The average molecular weight is 319 g/mol. The van der Waals surface area contributed by atoms with Gasteiger partial charge in [0.05, 0.1) is 5.56 Å². The van der Waals surface area contributed by atoms with Crippen LogP contribution in [0.4, 0.5) is 18.9 Å². The van der Waals surface area contributed by atoms with E-state index >= 15 is 0 Å². The maximum atomic E-state index is 12.9. The van der Waals surface area contributed by atoms with Crippen LogP contribution in [0.1, 0.15) is 32.6 Å². The Morgan fingerprint density at radius 1 is 1.09 bits per heavy atom. The summed E-state index contributed by atoms with van der Waals surface area (Å²) in [6, 6.07) is 9.37. The van der Waals surface area contributed by atoms with E-state index < -0.39 is 11.7 Å². The molecule has 1 heterocycles. The van der Waals surface area contributed by atoms with Crippen LogP contribution in [-0.2, 0) is 19.1 Å². The van der Waals surface area contributed by atoms with Gasteiger partial charge in [-0.3, -0.25) is 4.79 Å². The quantitative estimate of drug-likeness (QED) is 0.765. The zero-order valence-corrected chi connectivity index (χ0v) is 12.7. The number of benzene rings is 2. The molecule has 3 rings (SSSR count). The Kier molecular flexibility index (Phi) is 3.88. The first-order chi connectivity index (χ1) is 10.9. The summed E-state index contributed by atoms with van der Waals surface area (Å²) in [4.78, 5) is 12.9. The van der Waals surface area contributed by atoms with Crippen LogP contribution in [0, 0.1) is 6.92 Å². The number of hydrogen-bond acceptors (Lipinski definition) is 2. The smallest absolute Gasteiger partial charge is 0.367 e. The van der Waals surface area contributed by atoms with Crippen molar-refractivity contribution in [3.63, 3.8) is 0 Å². The van der Waals surface area contributed by atoms with Crippen LogP contribution >= 0.6 is 0 Å². The van der Waals surface area contributed by atoms with Crippen LogP contribution in [-0.4, -0.2) is 12.8 Å². The molecule has 120 valence electrons. The third-order valence-electron chi connectivity index (χ3n) is 4.24. The van der Waals surface area contributed by atoms with Crippen molar-refractivity contribution in [3.8, 4) is 0 Å². The van der Waals surface area contributed by atoms with Crippen molar-refractivity contribution in [2.45, 2.75) is 26.1 Å². The summed E-state index contributed by atoms with van der Waals surface area (Å²) in [5.41, 5.74) is 3.58. The average Bonchev–Trinajstić information content (AvgIpc) is 2.52. The molecule has 23 heavy (non-hydrogen) atoms. The van der Waals surface area contributed by atoms with Crippen molar-refractivity contribution in [3.05, 3.63) is 64.2 Å². The molecule has 0 fully saturated rings. The molecule has 0 spiro atoms. The second kappa shape index (κ2) is 5.72. The van der Waals surface area contributed by atoms with E-state index in [0.29, 0.717) is 24.1 Å². The Morgan fingerprint density at radius 3 is 2.52 bits per heavy atom. The SMILES string of the molecule is Cc1cc(C=O)ccc1N1CCc2ccc(C(F)(F)F)cc2C1. The van der Waals surface area contributed by atoms with Gasteiger partial charge in [-0.05, 0) is 60.4 Å². The predicted molar refractivity (Wildman–Crippen MR) is 82.8 cm³/mol. The third-order valence-corrected chi connectivity index (χ3v) is 4.24. The van der Waals surface area contributed by atoms with Gasteiger partial charge in [0.2, 0.25) is 0 Å². The van der Waals surface area contributed by atoms with Crippen LogP contribution in [0.15, 0.2) is 36.4 Å². The lowest BCUT2D eigenvalue weighted by Gasteiger charge is -2.32. The lowest BCUT2D eigenvalue weighted by atomic mass is 9.96. The molecule has 0 N–H and O–H groups in total. The van der Waals surface area contributed by atoms with Gasteiger partial charge >= 0.3 is 6.18 Å². The van der Waals surface area contributed by atoms with E-state index in [2.05, 4.69) is 4.90 Å². The third kappa shape index (κ3) is 3.09. The van der Waals surface area contributed by atoms with Gasteiger partial charge < -0.3 is 4.90 Å². The van der Waals surface area contributed by atoms with E-state index in [1.807, 2.05) is 13.0 Å². The van der Waals surface area contributed by atoms with Gasteiger partial charge in [0.15, 0.2) is 0 Å². The summed E-state index contributed by atoms with van der Waals surface area (Å²) >= 11 is 0. The van der Waals surface area contributed by atoms with E-state index in [-0.39, 0.29) is 0 Å². The Bertz CT molecular complexity index is 752. The molecule has 0 atom stereocenters. The number of rotatable bonds is 2. The number of carbonyl (C=O) groups is 1. The summed E-state index contributed by atoms with van der Waals surface area (Å²) in [5, 5.41) is 0. The van der Waals surface area contributed by atoms with Crippen LogP contribution in [0.25, 0.3) is 0 Å². The van der Waals surface area contributed by atoms with E-state index in [9.17, 15) is 18.0 Å². The van der Waals surface area contributed by atoms with Crippen molar-refractivity contribution >= 4 is 12.0 Å². The van der Waals surface area contributed by atoms with Crippen molar-refractivity contribution in [1.29, 1.82) is 0 Å². The van der Waals surface area contributed by atoms with E-state index in [0.717, 1.165) is 35.7 Å². The van der Waals surface area contributed by atoms with Gasteiger partial charge in [-0.1, -0.05) is 6.07 Å². The molecule has 0 amide bonds. The lowest BCUT2D eigenvalue weighted by Crippen LogP contribution is -2.31. The van der Waals surface area contributed by atoms with Crippen molar-refractivity contribution in [2.24, 2.45) is 0 Å². The summed E-state index contributed by atoms with van der Waals surface area (Å²) in [6.07, 6.45) is -2.82. The highest BCUT2D eigenvalue weighted by Gasteiger charge is 2.31. The molecular weight excluding hydrogens is 303 g/mol.